The van der Waals surface area contributed by atoms with Crippen molar-refractivity contribution in [2.45, 2.75) is 44.6 Å². The Balaban J connectivity index is 2.34. The lowest BCUT2D eigenvalue weighted by atomic mass is 10.1. The molecule has 1 aromatic rings. The molecule has 0 aliphatic heterocycles. The number of nitrogen functional groups attached to an aromatic ring is 1. The van der Waals surface area contributed by atoms with E-state index in [-0.39, 0.29) is 6.04 Å². The van der Waals surface area contributed by atoms with Crippen LogP contribution in [-0.2, 0) is 10.0 Å². The second kappa shape index (κ2) is 4.55. The largest absolute Gasteiger partial charge is 0.399 e. The number of nitrogens with two attached hydrogens (primary N) is 1. The summed E-state index contributed by atoms with van der Waals surface area (Å²) in [6.07, 6.45) is 2.23. The fourth-order valence-electron chi connectivity index (χ4n) is 2.40. The fourth-order valence-corrected chi connectivity index (χ4v) is 4.17. The number of nitrogens with one attached hydrogen (secondary N) is 1. The molecule has 1 aromatic carbocycles. The second-order valence-corrected chi connectivity index (χ2v) is 6.88. The van der Waals surface area contributed by atoms with Crippen molar-refractivity contribution >= 4 is 15.7 Å². The van der Waals surface area contributed by atoms with E-state index >= 15 is 0 Å². The highest BCUT2D eigenvalue weighted by atomic mass is 32.2. The Morgan fingerprint density at radius 3 is 2.22 bits per heavy atom. The third-order valence-electron chi connectivity index (χ3n) is 3.42. The molecule has 100 valence electrons. The minimum absolute atomic E-state index is 0.00588. The SMILES string of the molecule is Cc1cc(N)cc(C)c1S(=O)(=O)NC(C)C1CC1. The maximum atomic E-state index is 12.4. The van der Waals surface area contributed by atoms with Gasteiger partial charge in [0.15, 0.2) is 0 Å². The van der Waals surface area contributed by atoms with E-state index in [2.05, 4.69) is 4.72 Å². The molecular weight excluding hydrogens is 248 g/mol. The van der Waals surface area contributed by atoms with Gasteiger partial charge in [-0.1, -0.05) is 0 Å². The van der Waals surface area contributed by atoms with Crippen LogP contribution in [0, 0.1) is 19.8 Å². The summed E-state index contributed by atoms with van der Waals surface area (Å²) in [4.78, 5) is 0.365. The summed E-state index contributed by atoms with van der Waals surface area (Å²) in [5.74, 6) is 0.495. The first kappa shape index (κ1) is 13.4. The predicted octanol–water partition coefficient (Wildman–Crippen LogP) is 1.96. The molecule has 0 amide bonds. The maximum absolute atomic E-state index is 12.4. The normalized spacial score (nSPS) is 17.7. The van der Waals surface area contributed by atoms with Crippen molar-refractivity contribution in [2.24, 2.45) is 5.92 Å². The van der Waals surface area contributed by atoms with Gasteiger partial charge in [-0.3, -0.25) is 0 Å². The van der Waals surface area contributed by atoms with Crippen LogP contribution in [0.2, 0.25) is 0 Å². The van der Waals surface area contributed by atoms with Gasteiger partial charge in [-0.2, -0.15) is 0 Å². The Hall–Kier alpha value is -1.07. The molecule has 1 fully saturated rings. The number of hydrogen-bond acceptors (Lipinski definition) is 3. The summed E-state index contributed by atoms with van der Waals surface area (Å²) in [6, 6.07) is 3.40. The highest BCUT2D eigenvalue weighted by molar-refractivity contribution is 7.89. The van der Waals surface area contributed by atoms with E-state index in [0.29, 0.717) is 27.6 Å². The average molecular weight is 268 g/mol. The molecular formula is C13H20N2O2S. The summed E-state index contributed by atoms with van der Waals surface area (Å²) in [5, 5.41) is 0. The number of hydrogen-bond donors (Lipinski definition) is 2. The van der Waals surface area contributed by atoms with E-state index in [1.165, 1.54) is 0 Å². The summed E-state index contributed by atoms with van der Waals surface area (Å²) in [5.41, 5.74) is 7.71. The number of anilines is 1. The zero-order valence-corrected chi connectivity index (χ0v) is 11.8. The maximum Gasteiger partial charge on any atom is 0.241 e. The Bertz CT molecular complexity index is 539. The topological polar surface area (TPSA) is 72.2 Å². The van der Waals surface area contributed by atoms with E-state index in [0.717, 1.165) is 12.8 Å². The van der Waals surface area contributed by atoms with Crippen LogP contribution in [0.1, 0.15) is 30.9 Å². The molecule has 0 bridgehead atoms. The minimum atomic E-state index is -3.45. The smallest absolute Gasteiger partial charge is 0.241 e. The van der Waals surface area contributed by atoms with Gasteiger partial charge in [0.05, 0.1) is 4.90 Å². The summed E-state index contributed by atoms with van der Waals surface area (Å²) >= 11 is 0. The van der Waals surface area contributed by atoms with Crippen LogP contribution in [0.5, 0.6) is 0 Å². The van der Waals surface area contributed by atoms with Crippen molar-refractivity contribution in [3.05, 3.63) is 23.3 Å². The van der Waals surface area contributed by atoms with Gasteiger partial charge in [-0.25, -0.2) is 13.1 Å². The van der Waals surface area contributed by atoms with E-state index in [1.54, 1.807) is 26.0 Å². The first-order valence-corrected chi connectivity index (χ1v) is 7.68. The summed E-state index contributed by atoms with van der Waals surface area (Å²) < 4.78 is 27.5. The van der Waals surface area contributed by atoms with E-state index < -0.39 is 10.0 Å². The van der Waals surface area contributed by atoms with Crippen molar-refractivity contribution in [1.29, 1.82) is 0 Å². The Morgan fingerprint density at radius 2 is 1.78 bits per heavy atom. The van der Waals surface area contributed by atoms with Crippen molar-refractivity contribution in [1.82, 2.24) is 4.72 Å². The monoisotopic (exact) mass is 268 g/mol. The molecule has 1 aliphatic rings. The lowest BCUT2D eigenvalue weighted by Gasteiger charge is -2.17. The molecule has 1 aliphatic carbocycles. The van der Waals surface area contributed by atoms with Crippen LogP contribution in [0.4, 0.5) is 5.69 Å². The summed E-state index contributed by atoms with van der Waals surface area (Å²) in [7, 11) is -3.45. The van der Waals surface area contributed by atoms with Gasteiger partial charge in [-0.05, 0) is 62.8 Å². The van der Waals surface area contributed by atoms with Crippen molar-refractivity contribution in [3.63, 3.8) is 0 Å². The highest BCUT2D eigenvalue weighted by Gasteiger charge is 2.32. The summed E-state index contributed by atoms with van der Waals surface area (Å²) in [6.45, 7) is 5.48. The third kappa shape index (κ3) is 2.67. The van der Waals surface area contributed by atoms with Crippen LogP contribution in [0.25, 0.3) is 0 Å². The zero-order chi connectivity index (χ0) is 13.5. The Morgan fingerprint density at radius 1 is 1.28 bits per heavy atom. The first-order valence-electron chi connectivity index (χ1n) is 6.20. The molecule has 1 saturated carbocycles. The molecule has 5 heteroatoms. The van der Waals surface area contributed by atoms with Crippen LogP contribution >= 0.6 is 0 Å². The lowest BCUT2D eigenvalue weighted by molar-refractivity contribution is 0.537. The van der Waals surface area contributed by atoms with Gasteiger partial charge in [0.2, 0.25) is 10.0 Å². The molecule has 3 N–H and O–H groups in total. The lowest BCUT2D eigenvalue weighted by Crippen LogP contribution is -2.34. The molecule has 2 rings (SSSR count). The van der Waals surface area contributed by atoms with Gasteiger partial charge in [-0.15, -0.1) is 0 Å². The van der Waals surface area contributed by atoms with Gasteiger partial charge in [0, 0.05) is 11.7 Å². The highest BCUT2D eigenvalue weighted by Crippen LogP contribution is 2.33. The predicted molar refractivity (Wildman–Crippen MR) is 72.8 cm³/mol. The molecule has 0 radical (unpaired) electrons. The van der Waals surface area contributed by atoms with Crippen LogP contribution in [-0.4, -0.2) is 14.5 Å². The van der Waals surface area contributed by atoms with Gasteiger partial charge in [0.1, 0.15) is 0 Å². The van der Waals surface area contributed by atoms with Crippen molar-refractivity contribution < 1.29 is 8.42 Å². The molecule has 18 heavy (non-hydrogen) atoms. The van der Waals surface area contributed by atoms with E-state index in [9.17, 15) is 8.42 Å². The minimum Gasteiger partial charge on any atom is -0.399 e. The molecule has 1 unspecified atom stereocenters. The third-order valence-corrected chi connectivity index (χ3v) is 5.29. The molecule has 1 atom stereocenters. The Labute approximate surface area is 109 Å². The molecule has 4 nitrogen and oxygen atoms in total. The molecule has 0 spiro atoms. The molecule has 0 saturated heterocycles. The van der Waals surface area contributed by atoms with Crippen molar-refractivity contribution in [2.75, 3.05) is 5.73 Å². The number of sulfonamides is 1. The van der Waals surface area contributed by atoms with Gasteiger partial charge in [0.25, 0.3) is 0 Å². The second-order valence-electron chi connectivity index (χ2n) is 5.23. The van der Waals surface area contributed by atoms with Gasteiger partial charge >= 0.3 is 0 Å². The quantitative estimate of drug-likeness (QED) is 0.820. The fraction of sp³-hybridized carbons (Fsp3) is 0.538. The Kier molecular flexibility index (Phi) is 3.38. The average Bonchev–Trinajstić information content (AvgIpc) is 2.95. The van der Waals surface area contributed by atoms with Crippen LogP contribution in [0.3, 0.4) is 0 Å². The first-order chi connectivity index (χ1) is 8.31. The van der Waals surface area contributed by atoms with Crippen LogP contribution < -0.4 is 10.5 Å². The molecule has 0 aromatic heterocycles. The molecule has 0 heterocycles. The van der Waals surface area contributed by atoms with Crippen molar-refractivity contribution in [3.8, 4) is 0 Å². The van der Waals surface area contributed by atoms with Crippen LogP contribution in [0.15, 0.2) is 17.0 Å². The van der Waals surface area contributed by atoms with E-state index in [4.69, 9.17) is 5.73 Å². The van der Waals surface area contributed by atoms with Gasteiger partial charge < -0.3 is 5.73 Å². The van der Waals surface area contributed by atoms with E-state index in [1.807, 2.05) is 6.92 Å². The zero-order valence-electron chi connectivity index (χ0n) is 11.0. The number of benzene rings is 1. The number of rotatable bonds is 4. The standard InChI is InChI=1S/C13H20N2O2S/c1-8-6-12(14)7-9(2)13(8)18(16,17)15-10(3)11-4-5-11/h6-7,10-11,15H,4-5,14H2,1-3H3. The number of aryl methyl sites for hydroxylation is 2.